The number of para-hydroxylation sites is 1. The van der Waals surface area contributed by atoms with Gasteiger partial charge in [-0.05, 0) is 35.4 Å². The monoisotopic (exact) mass is 607 g/mol. The highest BCUT2D eigenvalue weighted by atomic mass is 32.2. The highest BCUT2D eigenvalue weighted by Crippen LogP contribution is 2.35. The number of hydrogen-bond donors (Lipinski definition) is 3. The summed E-state index contributed by atoms with van der Waals surface area (Å²) < 4.78 is 38.2. The van der Waals surface area contributed by atoms with Crippen LogP contribution in [0.15, 0.2) is 78.9 Å². The van der Waals surface area contributed by atoms with Gasteiger partial charge < -0.3 is 15.2 Å². The maximum atomic E-state index is 13.0. The van der Waals surface area contributed by atoms with Crippen LogP contribution in [-0.4, -0.2) is 68.6 Å². The van der Waals surface area contributed by atoms with E-state index in [2.05, 4.69) is 10.2 Å². The molecule has 1 aliphatic rings. The Balaban J connectivity index is 1.25. The summed E-state index contributed by atoms with van der Waals surface area (Å²) in [5, 5.41) is 11.5. The minimum absolute atomic E-state index is 0.00166. The number of ether oxygens (including phenoxy) is 2. The number of carbonyl (C=O) groups excluding carboxylic acids is 1. The average molecular weight is 608 g/mol. The molecule has 4 aromatic rings. The molecule has 2 heterocycles. The van der Waals surface area contributed by atoms with Crippen molar-refractivity contribution < 1.29 is 22.7 Å². The molecule has 1 saturated heterocycles. The molecule has 42 heavy (non-hydrogen) atoms. The number of rotatable bonds is 10. The molecule has 0 spiro atoms. The van der Waals surface area contributed by atoms with Crippen LogP contribution in [0.5, 0.6) is 5.75 Å². The van der Waals surface area contributed by atoms with Crippen LogP contribution in [0, 0.1) is 5.41 Å². The summed E-state index contributed by atoms with van der Waals surface area (Å²) in [7, 11) is -3.20. The molecule has 12 heteroatoms. The molecule has 1 aliphatic heterocycles. The standard InChI is InChI=1S/C30H33N5O5S2/c1-42(37,38)35-16-14-34(15-17-35)19-22-10-5-6-11-24(22)33-30(36)39-20-26(21-8-3-2-4-9-21)40-25-12-7-13-27-23(25)18-28(41-27)29(31)32/h2-13,18,26H,14-17,19-20H2,1H3,(H3,31,32)(H,33,36). The Morgan fingerprint density at radius 1 is 1.02 bits per heavy atom. The molecule has 0 bridgehead atoms. The largest absolute Gasteiger partial charge is 0.481 e. The van der Waals surface area contributed by atoms with Crippen molar-refractivity contribution in [1.82, 2.24) is 9.21 Å². The number of nitrogens with two attached hydrogens (primary N) is 1. The lowest BCUT2D eigenvalue weighted by Gasteiger charge is -2.33. The van der Waals surface area contributed by atoms with Crippen molar-refractivity contribution in [2.75, 3.05) is 44.4 Å². The number of nitrogens with zero attached hydrogens (tertiary/aromatic N) is 2. The fourth-order valence-corrected chi connectivity index (χ4v) is 6.59. The van der Waals surface area contributed by atoms with E-state index in [4.69, 9.17) is 20.6 Å². The van der Waals surface area contributed by atoms with Crippen molar-refractivity contribution in [3.8, 4) is 5.75 Å². The summed E-state index contributed by atoms with van der Waals surface area (Å²) in [4.78, 5) is 15.8. The first-order valence-corrected chi connectivity index (χ1v) is 16.1. The highest BCUT2D eigenvalue weighted by Gasteiger charge is 2.24. The van der Waals surface area contributed by atoms with Crippen molar-refractivity contribution in [2.45, 2.75) is 12.6 Å². The number of hydrogen-bond acceptors (Lipinski definition) is 8. The van der Waals surface area contributed by atoms with Crippen LogP contribution in [0.1, 0.15) is 22.1 Å². The minimum atomic E-state index is -3.20. The first-order valence-electron chi connectivity index (χ1n) is 13.4. The van der Waals surface area contributed by atoms with Gasteiger partial charge in [-0.3, -0.25) is 15.6 Å². The zero-order valence-corrected chi connectivity index (χ0v) is 24.8. The van der Waals surface area contributed by atoms with Crippen LogP contribution in [0.4, 0.5) is 10.5 Å². The van der Waals surface area contributed by atoms with E-state index in [9.17, 15) is 13.2 Å². The summed E-state index contributed by atoms with van der Waals surface area (Å²) in [6.45, 7) is 2.61. The molecular weight excluding hydrogens is 574 g/mol. The van der Waals surface area contributed by atoms with Gasteiger partial charge in [0.05, 0.1) is 11.1 Å². The predicted octanol–water partition coefficient (Wildman–Crippen LogP) is 4.63. The molecule has 1 amide bonds. The van der Waals surface area contributed by atoms with Gasteiger partial charge in [-0.1, -0.05) is 54.6 Å². The molecule has 1 fully saturated rings. The van der Waals surface area contributed by atoms with Crippen molar-refractivity contribution in [1.29, 1.82) is 5.41 Å². The molecule has 0 aliphatic carbocycles. The van der Waals surface area contributed by atoms with Gasteiger partial charge in [-0.2, -0.15) is 4.31 Å². The molecule has 3 aromatic carbocycles. The second-order valence-electron chi connectivity index (χ2n) is 10.0. The summed E-state index contributed by atoms with van der Waals surface area (Å²) in [5.41, 5.74) is 8.09. The number of fused-ring (bicyclic) bond motifs is 1. The molecule has 0 saturated carbocycles. The lowest BCUT2D eigenvalue weighted by atomic mass is 10.1. The van der Waals surface area contributed by atoms with E-state index in [-0.39, 0.29) is 12.4 Å². The third kappa shape index (κ3) is 7.26. The van der Waals surface area contributed by atoms with Gasteiger partial charge in [-0.15, -0.1) is 11.3 Å². The van der Waals surface area contributed by atoms with Crippen molar-refractivity contribution >= 4 is 49.1 Å². The molecule has 220 valence electrons. The van der Waals surface area contributed by atoms with E-state index in [1.807, 2.05) is 78.9 Å². The molecule has 0 radical (unpaired) electrons. The number of nitrogen functional groups attached to an aromatic ring is 1. The van der Waals surface area contributed by atoms with Crippen molar-refractivity contribution in [3.05, 3.63) is 94.9 Å². The molecule has 5 rings (SSSR count). The van der Waals surface area contributed by atoms with E-state index in [0.29, 0.717) is 49.0 Å². The van der Waals surface area contributed by atoms with Gasteiger partial charge in [0.2, 0.25) is 10.0 Å². The Kier molecular flexibility index (Phi) is 9.07. The van der Waals surface area contributed by atoms with Gasteiger partial charge in [0.15, 0.2) is 6.10 Å². The van der Waals surface area contributed by atoms with Crippen LogP contribution in [0.3, 0.4) is 0 Å². The Hall–Kier alpha value is -3.97. The lowest BCUT2D eigenvalue weighted by molar-refractivity contribution is 0.0909. The van der Waals surface area contributed by atoms with Gasteiger partial charge in [0.25, 0.3) is 0 Å². The summed E-state index contributed by atoms with van der Waals surface area (Å²) in [6.07, 6.45) is 0.0411. The SMILES string of the molecule is CS(=O)(=O)N1CCN(Cc2ccccc2NC(=O)OCC(Oc2cccc3sc(C(=N)N)cc23)c2ccccc2)CC1. The number of carbonyl (C=O) groups is 1. The van der Waals surface area contributed by atoms with Gasteiger partial charge >= 0.3 is 6.09 Å². The second kappa shape index (κ2) is 12.9. The molecule has 1 aromatic heterocycles. The maximum absolute atomic E-state index is 13.0. The highest BCUT2D eigenvalue weighted by molar-refractivity contribution is 7.88. The molecule has 1 unspecified atom stereocenters. The zero-order valence-electron chi connectivity index (χ0n) is 23.2. The first kappa shape index (κ1) is 29.5. The third-order valence-electron chi connectivity index (χ3n) is 7.04. The number of amidine groups is 1. The number of amides is 1. The zero-order chi connectivity index (χ0) is 29.7. The Labute approximate surface area is 249 Å². The van der Waals surface area contributed by atoms with E-state index >= 15 is 0 Å². The predicted molar refractivity (Wildman–Crippen MR) is 166 cm³/mol. The van der Waals surface area contributed by atoms with Crippen LogP contribution in [0.2, 0.25) is 0 Å². The third-order valence-corrected chi connectivity index (χ3v) is 9.48. The topological polar surface area (TPSA) is 138 Å². The molecule has 4 N–H and O–H groups in total. The normalized spacial score (nSPS) is 15.3. The number of anilines is 1. The minimum Gasteiger partial charge on any atom is -0.481 e. The molecule has 10 nitrogen and oxygen atoms in total. The maximum Gasteiger partial charge on any atom is 0.411 e. The van der Waals surface area contributed by atoms with Crippen LogP contribution in [0.25, 0.3) is 10.1 Å². The van der Waals surface area contributed by atoms with Crippen LogP contribution in [-0.2, 0) is 21.3 Å². The van der Waals surface area contributed by atoms with Crippen LogP contribution >= 0.6 is 11.3 Å². The molecule has 1 atom stereocenters. The van der Waals surface area contributed by atoms with E-state index in [1.54, 1.807) is 0 Å². The smallest absolute Gasteiger partial charge is 0.411 e. The quantitative estimate of drug-likeness (QED) is 0.177. The average Bonchev–Trinajstić information content (AvgIpc) is 3.42. The van der Waals surface area contributed by atoms with E-state index < -0.39 is 22.2 Å². The first-order chi connectivity index (χ1) is 20.2. The summed E-state index contributed by atoms with van der Waals surface area (Å²) in [6, 6.07) is 24.6. The van der Waals surface area contributed by atoms with Crippen molar-refractivity contribution in [2.24, 2.45) is 5.73 Å². The fraction of sp³-hybridized carbons (Fsp3) is 0.267. The lowest BCUT2D eigenvalue weighted by Crippen LogP contribution is -2.47. The van der Waals surface area contributed by atoms with Gasteiger partial charge in [0, 0.05) is 48.5 Å². The van der Waals surface area contributed by atoms with Gasteiger partial charge in [0.1, 0.15) is 18.2 Å². The summed E-state index contributed by atoms with van der Waals surface area (Å²) >= 11 is 1.42. The number of nitrogens with one attached hydrogen (secondary N) is 2. The summed E-state index contributed by atoms with van der Waals surface area (Å²) in [5.74, 6) is 0.605. The van der Waals surface area contributed by atoms with Crippen molar-refractivity contribution in [3.63, 3.8) is 0 Å². The van der Waals surface area contributed by atoms with E-state index in [1.165, 1.54) is 21.9 Å². The Bertz CT molecular complexity index is 1670. The Morgan fingerprint density at radius 2 is 1.74 bits per heavy atom. The van der Waals surface area contributed by atoms with Crippen LogP contribution < -0.4 is 15.8 Å². The number of thiophene rings is 1. The Morgan fingerprint density at radius 3 is 2.45 bits per heavy atom. The van der Waals surface area contributed by atoms with Gasteiger partial charge in [-0.25, -0.2) is 13.2 Å². The molecular formula is C30H33N5O5S2. The number of benzene rings is 3. The second-order valence-corrected chi connectivity index (χ2v) is 13.1. The number of sulfonamides is 1. The fourth-order valence-electron chi connectivity index (χ4n) is 4.83. The van der Waals surface area contributed by atoms with E-state index in [0.717, 1.165) is 21.2 Å². The number of piperazine rings is 1.